The summed E-state index contributed by atoms with van der Waals surface area (Å²) in [5.41, 5.74) is 6.06. The number of hydrogen-bond donors (Lipinski definition) is 1. The van der Waals surface area contributed by atoms with Crippen LogP contribution in [0.2, 0.25) is 0 Å². The molecule has 16 heavy (non-hydrogen) atoms. The van der Waals surface area contributed by atoms with E-state index in [0.29, 0.717) is 18.5 Å². The van der Waals surface area contributed by atoms with Gasteiger partial charge in [0.25, 0.3) is 0 Å². The SMILES string of the molecule is CCC(CC)(CN)Cc1cccc(F)c1F. The van der Waals surface area contributed by atoms with Gasteiger partial charge in [-0.3, -0.25) is 0 Å². The largest absolute Gasteiger partial charge is 0.330 e. The van der Waals surface area contributed by atoms with E-state index in [2.05, 4.69) is 0 Å². The zero-order valence-corrected chi connectivity index (χ0v) is 9.89. The molecule has 0 aliphatic heterocycles. The maximum absolute atomic E-state index is 13.5. The van der Waals surface area contributed by atoms with E-state index in [1.165, 1.54) is 0 Å². The van der Waals surface area contributed by atoms with Crippen molar-refractivity contribution in [1.82, 2.24) is 0 Å². The molecular formula is C13H19F2N. The molecule has 0 saturated heterocycles. The van der Waals surface area contributed by atoms with Crippen molar-refractivity contribution in [3.8, 4) is 0 Å². The lowest BCUT2D eigenvalue weighted by atomic mass is 9.77. The minimum Gasteiger partial charge on any atom is -0.330 e. The second kappa shape index (κ2) is 5.39. The molecule has 0 aromatic heterocycles. The molecule has 0 atom stereocenters. The van der Waals surface area contributed by atoms with Crippen molar-refractivity contribution in [2.75, 3.05) is 6.54 Å². The lowest BCUT2D eigenvalue weighted by molar-refractivity contribution is 0.266. The van der Waals surface area contributed by atoms with Crippen LogP contribution in [0.4, 0.5) is 8.78 Å². The summed E-state index contributed by atoms with van der Waals surface area (Å²) in [6, 6.07) is 4.31. The van der Waals surface area contributed by atoms with Crippen LogP contribution in [-0.4, -0.2) is 6.54 Å². The van der Waals surface area contributed by atoms with Gasteiger partial charge in [0.15, 0.2) is 11.6 Å². The molecule has 90 valence electrons. The van der Waals surface area contributed by atoms with Crippen molar-refractivity contribution in [3.63, 3.8) is 0 Å². The molecule has 1 aromatic carbocycles. The van der Waals surface area contributed by atoms with Gasteiger partial charge in [-0.1, -0.05) is 26.0 Å². The maximum atomic E-state index is 13.5. The van der Waals surface area contributed by atoms with Crippen LogP contribution in [0, 0.1) is 17.0 Å². The summed E-state index contributed by atoms with van der Waals surface area (Å²) in [7, 11) is 0. The number of hydrogen-bond acceptors (Lipinski definition) is 1. The molecule has 0 aliphatic rings. The van der Waals surface area contributed by atoms with Crippen molar-refractivity contribution < 1.29 is 8.78 Å². The fourth-order valence-corrected chi connectivity index (χ4v) is 1.95. The van der Waals surface area contributed by atoms with E-state index in [9.17, 15) is 8.78 Å². The molecule has 1 nitrogen and oxygen atoms in total. The smallest absolute Gasteiger partial charge is 0.162 e. The molecule has 3 heteroatoms. The Bertz CT molecular complexity index is 338. The normalized spacial score (nSPS) is 11.8. The fourth-order valence-electron chi connectivity index (χ4n) is 1.95. The van der Waals surface area contributed by atoms with E-state index in [-0.39, 0.29) is 5.41 Å². The topological polar surface area (TPSA) is 26.0 Å². The van der Waals surface area contributed by atoms with Crippen LogP contribution < -0.4 is 5.73 Å². The minimum absolute atomic E-state index is 0.116. The lowest BCUT2D eigenvalue weighted by Gasteiger charge is -2.30. The molecule has 0 heterocycles. The monoisotopic (exact) mass is 227 g/mol. The first kappa shape index (κ1) is 13.1. The molecule has 0 radical (unpaired) electrons. The van der Waals surface area contributed by atoms with Crippen LogP contribution in [0.25, 0.3) is 0 Å². The number of nitrogens with two attached hydrogens (primary N) is 1. The molecule has 1 aromatic rings. The van der Waals surface area contributed by atoms with Gasteiger partial charge in [0.2, 0.25) is 0 Å². The first-order chi connectivity index (χ1) is 7.58. The Morgan fingerprint density at radius 1 is 1.19 bits per heavy atom. The maximum Gasteiger partial charge on any atom is 0.162 e. The molecule has 0 saturated carbocycles. The van der Waals surface area contributed by atoms with Gasteiger partial charge in [-0.2, -0.15) is 0 Å². The number of rotatable bonds is 5. The van der Waals surface area contributed by atoms with Crippen LogP contribution >= 0.6 is 0 Å². The minimum atomic E-state index is -0.782. The number of halogens is 2. The Morgan fingerprint density at radius 2 is 1.81 bits per heavy atom. The summed E-state index contributed by atoms with van der Waals surface area (Å²) in [5.74, 6) is -1.52. The highest BCUT2D eigenvalue weighted by Gasteiger charge is 2.26. The van der Waals surface area contributed by atoms with E-state index in [0.717, 1.165) is 18.9 Å². The molecule has 0 amide bonds. The summed E-state index contributed by atoms with van der Waals surface area (Å²) >= 11 is 0. The van der Waals surface area contributed by atoms with Crippen LogP contribution in [0.5, 0.6) is 0 Å². The first-order valence-electron chi connectivity index (χ1n) is 5.71. The Kier molecular flexibility index (Phi) is 4.42. The van der Waals surface area contributed by atoms with Crippen LogP contribution in [0.3, 0.4) is 0 Å². The van der Waals surface area contributed by atoms with E-state index >= 15 is 0 Å². The van der Waals surface area contributed by atoms with Crippen LogP contribution in [-0.2, 0) is 6.42 Å². The highest BCUT2D eigenvalue weighted by Crippen LogP contribution is 2.30. The standard InChI is InChI=1S/C13H19F2N/c1-3-13(4-2,9-16)8-10-6-5-7-11(14)12(10)15/h5-7H,3-4,8-9,16H2,1-2H3. The van der Waals surface area contributed by atoms with Gasteiger partial charge in [-0.05, 0) is 42.9 Å². The summed E-state index contributed by atoms with van der Waals surface area (Å²) < 4.78 is 26.6. The summed E-state index contributed by atoms with van der Waals surface area (Å²) in [5, 5.41) is 0. The summed E-state index contributed by atoms with van der Waals surface area (Å²) in [6.45, 7) is 4.57. The molecule has 0 spiro atoms. The molecular weight excluding hydrogens is 208 g/mol. The van der Waals surface area contributed by atoms with Gasteiger partial charge in [0, 0.05) is 0 Å². The van der Waals surface area contributed by atoms with Crippen molar-refractivity contribution in [1.29, 1.82) is 0 Å². The predicted molar refractivity (Wildman–Crippen MR) is 62.1 cm³/mol. The van der Waals surface area contributed by atoms with Gasteiger partial charge in [0.05, 0.1) is 0 Å². The second-order valence-corrected chi connectivity index (χ2v) is 4.30. The van der Waals surface area contributed by atoms with E-state index in [1.54, 1.807) is 12.1 Å². The third kappa shape index (κ3) is 2.59. The third-order valence-electron chi connectivity index (χ3n) is 3.53. The Balaban J connectivity index is 2.98. The van der Waals surface area contributed by atoms with E-state index in [1.807, 2.05) is 13.8 Å². The molecule has 0 aliphatic carbocycles. The highest BCUT2D eigenvalue weighted by atomic mass is 19.2. The van der Waals surface area contributed by atoms with Gasteiger partial charge >= 0.3 is 0 Å². The van der Waals surface area contributed by atoms with Crippen molar-refractivity contribution in [2.24, 2.45) is 11.1 Å². The highest BCUT2D eigenvalue weighted by molar-refractivity contribution is 5.20. The van der Waals surface area contributed by atoms with E-state index < -0.39 is 11.6 Å². The molecule has 2 N–H and O–H groups in total. The van der Waals surface area contributed by atoms with Crippen molar-refractivity contribution in [3.05, 3.63) is 35.4 Å². The zero-order chi connectivity index (χ0) is 12.2. The quantitative estimate of drug-likeness (QED) is 0.820. The number of benzene rings is 1. The average Bonchev–Trinajstić information content (AvgIpc) is 2.32. The second-order valence-electron chi connectivity index (χ2n) is 4.30. The Morgan fingerprint density at radius 3 is 2.31 bits per heavy atom. The molecule has 0 bridgehead atoms. The zero-order valence-electron chi connectivity index (χ0n) is 9.89. The fraction of sp³-hybridized carbons (Fsp3) is 0.538. The first-order valence-corrected chi connectivity index (χ1v) is 5.71. The molecule has 0 fully saturated rings. The van der Waals surface area contributed by atoms with E-state index in [4.69, 9.17) is 5.73 Å². The van der Waals surface area contributed by atoms with Crippen LogP contribution in [0.1, 0.15) is 32.3 Å². The van der Waals surface area contributed by atoms with Gasteiger partial charge in [-0.15, -0.1) is 0 Å². The van der Waals surface area contributed by atoms with Crippen molar-refractivity contribution >= 4 is 0 Å². The van der Waals surface area contributed by atoms with Crippen LogP contribution in [0.15, 0.2) is 18.2 Å². The Hall–Kier alpha value is -0.960. The summed E-state index contributed by atoms with van der Waals surface area (Å²) in [6.07, 6.45) is 2.24. The molecule has 1 rings (SSSR count). The third-order valence-corrected chi connectivity index (χ3v) is 3.53. The predicted octanol–water partition coefficient (Wildman–Crippen LogP) is 3.27. The van der Waals surface area contributed by atoms with Crippen molar-refractivity contribution in [2.45, 2.75) is 33.1 Å². The van der Waals surface area contributed by atoms with Gasteiger partial charge in [0.1, 0.15) is 0 Å². The summed E-state index contributed by atoms with van der Waals surface area (Å²) in [4.78, 5) is 0. The molecule has 0 unspecified atom stereocenters. The lowest BCUT2D eigenvalue weighted by Crippen LogP contribution is -2.32. The Labute approximate surface area is 95.7 Å². The van der Waals surface area contributed by atoms with Gasteiger partial charge < -0.3 is 5.73 Å². The van der Waals surface area contributed by atoms with Gasteiger partial charge in [-0.25, -0.2) is 8.78 Å². The average molecular weight is 227 g/mol.